The smallest absolute Gasteiger partial charge is 0.261 e. The number of rotatable bonds is 8. The van der Waals surface area contributed by atoms with Crippen molar-refractivity contribution >= 4 is 11.8 Å². The Balaban J connectivity index is 1.74. The molecule has 2 aromatic carbocycles. The zero-order chi connectivity index (χ0) is 23.3. The minimum atomic E-state index is -1.00. The lowest BCUT2D eigenvalue weighted by atomic mass is 9.92. The molecule has 5 nitrogen and oxygen atoms in total. The Morgan fingerprint density at radius 2 is 1.56 bits per heavy atom. The van der Waals surface area contributed by atoms with E-state index in [4.69, 9.17) is 0 Å². The summed E-state index contributed by atoms with van der Waals surface area (Å²) in [5, 5.41) is 21.6. The van der Waals surface area contributed by atoms with Gasteiger partial charge in [-0.05, 0) is 42.7 Å². The predicted molar refractivity (Wildman–Crippen MR) is 124 cm³/mol. The Bertz CT molecular complexity index is 1010. The van der Waals surface area contributed by atoms with Gasteiger partial charge in [0, 0.05) is 18.0 Å². The van der Waals surface area contributed by atoms with E-state index in [1.807, 2.05) is 32.9 Å². The van der Waals surface area contributed by atoms with E-state index in [0.29, 0.717) is 35.1 Å². The van der Waals surface area contributed by atoms with Crippen molar-refractivity contribution in [1.29, 1.82) is 0 Å². The summed E-state index contributed by atoms with van der Waals surface area (Å²) in [4.78, 5) is 26.5. The molecule has 0 unspecified atom stereocenters. The summed E-state index contributed by atoms with van der Waals surface area (Å²) in [5.74, 6) is 5.06. The molecule has 0 bridgehead atoms. The normalized spacial score (nSPS) is 15.2. The molecule has 0 fully saturated rings. The SMILES string of the molecule is CCCC(O)(C#Cc1cccc([C@@H](O)[C@@H](C)CN2C(=O)c3ccccc3C2=O)c1)CCC. The number of carbonyl (C=O) groups is 2. The van der Waals surface area contributed by atoms with E-state index in [-0.39, 0.29) is 24.3 Å². The van der Waals surface area contributed by atoms with Gasteiger partial charge < -0.3 is 10.2 Å². The fourth-order valence-electron chi connectivity index (χ4n) is 4.19. The van der Waals surface area contributed by atoms with Gasteiger partial charge in [0.25, 0.3) is 11.8 Å². The number of carbonyl (C=O) groups excluding carboxylic acids is 2. The summed E-state index contributed by atoms with van der Waals surface area (Å²) in [7, 11) is 0. The number of aliphatic hydroxyl groups excluding tert-OH is 1. The summed E-state index contributed by atoms with van der Waals surface area (Å²) >= 11 is 0. The van der Waals surface area contributed by atoms with Crippen LogP contribution in [0.3, 0.4) is 0 Å². The van der Waals surface area contributed by atoms with E-state index >= 15 is 0 Å². The number of aliphatic hydroxyl groups is 2. The summed E-state index contributed by atoms with van der Waals surface area (Å²) in [6, 6.07) is 14.0. The third kappa shape index (κ3) is 5.09. The molecule has 2 atom stereocenters. The lowest BCUT2D eigenvalue weighted by Gasteiger charge is -2.24. The second-order valence-electron chi connectivity index (χ2n) is 8.60. The van der Waals surface area contributed by atoms with Gasteiger partial charge in [-0.15, -0.1) is 0 Å². The van der Waals surface area contributed by atoms with Gasteiger partial charge in [0.1, 0.15) is 5.60 Å². The molecule has 2 aromatic rings. The van der Waals surface area contributed by atoms with Gasteiger partial charge in [-0.1, -0.05) is 69.7 Å². The van der Waals surface area contributed by atoms with Crippen LogP contribution in [0, 0.1) is 17.8 Å². The Morgan fingerprint density at radius 3 is 2.12 bits per heavy atom. The molecule has 0 saturated heterocycles. The van der Waals surface area contributed by atoms with E-state index in [9.17, 15) is 19.8 Å². The minimum Gasteiger partial charge on any atom is -0.388 e. The Kier molecular flexibility index (Phi) is 7.50. The second kappa shape index (κ2) is 10.1. The molecule has 1 heterocycles. The van der Waals surface area contributed by atoms with Crippen LogP contribution in [-0.4, -0.2) is 39.1 Å². The molecule has 1 aliphatic heterocycles. The van der Waals surface area contributed by atoms with E-state index in [0.717, 1.165) is 12.8 Å². The fraction of sp³-hybridized carbons (Fsp3) is 0.407. The fourth-order valence-corrected chi connectivity index (χ4v) is 4.19. The molecule has 168 valence electrons. The monoisotopic (exact) mass is 433 g/mol. The standard InChI is InChI=1S/C27H31NO4/c1-4-14-27(32,15-5-2)16-13-20-9-8-10-21(17-20)24(29)19(3)18-28-25(30)22-11-6-7-12-23(22)26(28)31/h6-12,17,19,24,29,32H,4-5,14-15,18H2,1-3H3/t19-,24-/m0/s1. The number of benzene rings is 2. The van der Waals surface area contributed by atoms with Crippen LogP contribution in [0.1, 0.15) is 84.4 Å². The molecule has 0 aliphatic carbocycles. The molecule has 0 saturated carbocycles. The van der Waals surface area contributed by atoms with Gasteiger partial charge in [-0.2, -0.15) is 0 Å². The topological polar surface area (TPSA) is 77.8 Å². The highest BCUT2D eigenvalue weighted by Gasteiger charge is 2.36. The lowest BCUT2D eigenvalue weighted by molar-refractivity contribution is 0.0536. The average Bonchev–Trinajstić information content (AvgIpc) is 3.03. The Morgan fingerprint density at radius 1 is 0.969 bits per heavy atom. The van der Waals surface area contributed by atoms with Gasteiger partial charge in [0.15, 0.2) is 0 Å². The van der Waals surface area contributed by atoms with E-state index in [2.05, 4.69) is 11.8 Å². The van der Waals surface area contributed by atoms with Gasteiger partial charge >= 0.3 is 0 Å². The first-order valence-corrected chi connectivity index (χ1v) is 11.3. The molecule has 1 aliphatic rings. The number of nitrogens with zero attached hydrogens (tertiary/aromatic N) is 1. The maximum Gasteiger partial charge on any atom is 0.261 e. The number of imide groups is 1. The summed E-state index contributed by atoms with van der Waals surface area (Å²) in [6.45, 7) is 5.98. The third-order valence-corrected chi connectivity index (χ3v) is 5.88. The van der Waals surface area contributed by atoms with Crippen molar-refractivity contribution < 1.29 is 19.8 Å². The molecular formula is C27H31NO4. The van der Waals surface area contributed by atoms with Crippen LogP contribution in [-0.2, 0) is 0 Å². The number of hydrogen-bond donors (Lipinski definition) is 2. The second-order valence-corrected chi connectivity index (χ2v) is 8.60. The molecule has 2 amide bonds. The lowest BCUT2D eigenvalue weighted by Crippen LogP contribution is -2.35. The van der Waals surface area contributed by atoms with Gasteiger partial charge in [-0.3, -0.25) is 14.5 Å². The van der Waals surface area contributed by atoms with Crippen LogP contribution in [0.15, 0.2) is 48.5 Å². The molecule has 32 heavy (non-hydrogen) atoms. The molecule has 0 spiro atoms. The van der Waals surface area contributed by atoms with Crippen molar-refractivity contribution in [3.8, 4) is 11.8 Å². The highest BCUT2D eigenvalue weighted by atomic mass is 16.3. The van der Waals surface area contributed by atoms with E-state index in [1.54, 1.807) is 36.4 Å². The molecule has 3 rings (SSSR count). The van der Waals surface area contributed by atoms with Crippen molar-refractivity contribution in [1.82, 2.24) is 4.90 Å². The van der Waals surface area contributed by atoms with E-state index < -0.39 is 11.7 Å². The Hall–Kier alpha value is -2.94. The van der Waals surface area contributed by atoms with Crippen LogP contribution in [0.2, 0.25) is 0 Å². The summed E-state index contributed by atoms with van der Waals surface area (Å²) < 4.78 is 0. The first-order chi connectivity index (χ1) is 15.3. The van der Waals surface area contributed by atoms with Crippen molar-refractivity contribution in [3.05, 3.63) is 70.8 Å². The third-order valence-electron chi connectivity index (χ3n) is 5.88. The van der Waals surface area contributed by atoms with Gasteiger partial charge in [0.2, 0.25) is 0 Å². The van der Waals surface area contributed by atoms with Crippen molar-refractivity contribution in [2.24, 2.45) is 5.92 Å². The van der Waals surface area contributed by atoms with Crippen LogP contribution in [0.4, 0.5) is 0 Å². The van der Waals surface area contributed by atoms with E-state index in [1.165, 1.54) is 4.90 Å². The summed E-state index contributed by atoms with van der Waals surface area (Å²) in [6.07, 6.45) is 2.06. The molecule has 0 aromatic heterocycles. The first-order valence-electron chi connectivity index (χ1n) is 11.3. The van der Waals surface area contributed by atoms with Gasteiger partial charge in [0.05, 0.1) is 17.2 Å². The van der Waals surface area contributed by atoms with Crippen molar-refractivity contribution in [3.63, 3.8) is 0 Å². The molecule has 2 N–H and O–H groups in total. The molecule has 5 heteroatoms. The quantitative estimate of drug-likeness (QED) is 0.480. The Labute approximate surface area is 190 Å². The van der Waals surface area contributed by atoms with Crippen LogP contribution >= 0.6 is 0 Å². The highest BCUT2D eigenvalue weighted by Crippen LogP contribution is 2.28. The van der Waals surface area contributed by atoms with Crippen LogP contribution < -0.4 is 0 Å². The van der Waals surface area contributed by atoms with Crippen LogP contribution in [0.5, 0.6) is 0 Å². The zero-order valence-electron chi connectivity index (χ0n) is 19.0. The largest absolute Gasteiger partial charge is 0.388 e. The predicted octanol–water partition coefficient (Wildman–Crippen LogP) is 4.34. The van der Waals surface area contributed by atoms with Crippen molar-refractivity contribution in [2.45, 2.75) is 58.2 Å². The maximum absolute atomic E-state index is 12.6. The zero-order valence-corrected chi connectivity index (χ0v) is 19.0. The average molecular weight is 434 g/mol. The van der Waals surface area contributed by atoms with Crippen molar-refractivity contribution in [2.75, 3.05) is 6.54 Å². The molecular weight excluding hydrogens is 402 g/mol. The van der Waals surface area contributed by atoms with Crippen LogP contribution in [0.25, 0.3) is 0 Å². The number of hydrogen-bond acceptors (Lipinski definition) is 4. The summed E-state index contributed by atoms with van der Waals surface area (Å²) in [5.41, 5.74) is 1.18. The maximum atomic E-state index is 12.6. The highest BCUT2D eigenvalue weighted by molar-refractivity contribution is 6.21. The van der Waals surface area contributed by atoms with Gasteiger partial charge in [-0.25, -0.2) is 0 Å². The number of fused-ring (bicyclic) bond motifs is 1. The molecule has 0 radical (unpaired) electrons. The first kappa shape index (κ1) is 23.7. The number of amides is 2. The minimum absolute atomic E-state index is 0.121.